The van der Waals surface area contributed by atoms with E-state index < -0.39 is 0 Å². The Balaban J connectivity index is 2.08. The van der Waals surface area contributed by atoms with Gasteiger partial charge in [-0.3, -0.25) is 0 Å². The van der Waals surface area contributed by atoms with Gasteiger partial charge in [-0.1, -0.05) is 0 Å². The van der Waals surface area contributed by atoms with Crippen LogP contribution in [0.4, 0.5) is 5.82 Å². The molecule has 1 fully saturated rings. The van der Waals surface area contributed by atoms with Gasteiger partial charge in [-0.25, -0.2) is 4.98 Å². The molecule has 1 heterocycles. The van der Waals surface area contributed by atoms with E-state index in [-0.39, 0.29) is 0 Å². The van der Waals surface area contributed by atoms with Crippen molar-refractivity contribution in [3.8, 4) is 6.07 Å². The van der Waals surface area contributed by atoms with Crippen molar-refractivity contribution in [2.24, 2.45) is 0 Å². The van der Waals surface area contributed by atoms with Gasteiger partial charge in [-0.15, -0.1) is 11.8 Å². The van der Waals surface area contributed by atoms with Gasteiger partial charge < -0.3 is 4.72 Å². The highest BCUT2D eigenvalue weighted by Gasteiger charge is 2.26. The number of anilines is 1. The molecule has 1 aliphatic rings. The molecule has 1 saturated carbocycles. The summed E-state index contributed by atoms with van der Waals surface area (Å²) in [5.74, 6) is 1.44. The number of nitrogens with zero attached hydrogens (tertiary/aromatic N) is 2. The maximum Gasteiger partial charge on any atom is 0.136 e. The molecule has 0 aromatic carbocycles. The minimum absolute atomic E-state index is 0.483. The van der Waals surface area contributed by atoms with Gasteiger partial charge in [0, 0.05) is 6.20 Å². The van der Waals surface area contributed by atoms with Crippen LogP contribution in [0.5, 0.6) is 0 Å². The van der Waals surface area contributed by atoms with E-state index in [2.05, 4.69) is 29.0 Å². The minimum atomic E-state index is 0.483. The van der Waals surface area contributed by atoms with Crippen LogP contribution in [0.1, 0.15) is 36.8 Å². The molecule has 1 N–H and O–H groups in total. The van der Waals surface area contributed by atoms with Crippen molar-refractivity contribution in [3.63, 3.8) is 0 Å². The number of thioether (sulfide) groups is 1. The third-order valence-corrected chi connectivity index (χ3v) is 4.92. The van der Waals surface area contributed by atoms with Crippen LogP contribution in [0, 0.1) is 11.3 Å². The van der Waals surface area contributed by atoms with Gasteiger partial charge in [-0.05, 0) is 55.5 Å². The number of nitriles is 1. The van der Waals surface area contributed by atoms with E-state index in [0.717, 1.165) is 16.9 Å². The lowest BCUT2D eigenvalue weighted by Crippen LogP contribution is -1.99. The van der Waals surface area contributed by atoms with E-state index >= 15 is 0 Å². The second-order valence-corrected chi connectivity index (χ2v) is 6.69. The third kappa shape index (κ3) is 3.30. The number of aromatic nitrogens is 1. The Labute approximate surface area is 111 Å². The molecule has 17 heavy (non-hydrogen) atoms. The first kappa shape index (κ1) is 12.6. The van der Waals surface area contributed by atoms with Gasteiger partial charge in [-0.2, -0.15) is 5.26 Å². The zero-order chi connectivity index (χ0) is 12.3. The topological polar surface area (TPSA) is 48.7 Å². The highest BCUT2D eigenvalue weighted by atomic mass is 32.2. The van der Waals surface area contributed by atoms with E-state index in [0.29, 0.717) is 10.5 Å². The molecule has 3 nitrogen and oxygen atoms in total. The van der Waals surface area contributed by atoms with Crippen molar-refractivity contribution in [3.05, 3.63) is 23.4 Å². The van der Waals surface area contributed by atoms with Crippen LogP contribution in [0.2, 0.25) is 0 Å². The van der Waals surface area contributed by atoms with Crippen LogP contribution in [-0.4, -0.2) is 15.8 Å². The van der Waals surface area contributed by atoms with Gasteiger partial charge in [0.05, 0.1) is 10.1 Å². The Morgan fingerprint density at radius 2 is 2.35 bits per heavy atom. The second kappa shape index (κ2) is 5.65. The predicted octanol–water partition coefficient (Wildman–Crippen LogP) is 3.60. The standard InChI is InChI=1S/C12H15N3S2/c1-8(16-2)17-15-12-5-11(9-3-4-9)10(6-13)7-14-12/h5,7-9H,3-4H2,1-2H3,(H,14,15). The van der Waals surface area contributed by atoms with Crippen molar-refractivity contribution in [2.45, 2.75) is 30.3 Å². The predicted molar refractivity (Wildman–Crippen MR) is 75.1 cm³/mol. The number of nitrogens with one attached hydrogen (secondary N) is 1. The first-order valence-electron chi connectivity index (χ1n) is 5.59. The van der Waals surface area contributed by atoms with Crippen molar-refractivity contribution >= 4 is 29.5 Å². The van der Waals surface area contributed by atoms with Crippen LogP contribution >= 0.6 is 23.7 Å². The monoisotopic (exact) mass is 265 g/mol. The zero-order valence-corrected chi connectivity index (χ0v) is 11.6. The minimum Gasteiger partial charge on any atom is -0.313 e. The third-order valence-electron chi connectivity index (χ3n) is 2.73. The average Bonchev–Trinajstić information content (AvgIpc) is 3.19. The first-order valence-corrected chi connectivity index (χ1v) is 7.76. The molecule has 90 valence electrons. The summed E-state index contributed by atoms with van der Waals surface area (Å²) in [4.78, 5) is 4.26. The molecule has 1 aliphatic carbocycles. The van der Waals surface area contributed by atoms with Crippen LogP contribution in [0.3, 0.4) is 0 Å². The number of rotatable bonds is 5. The zero-order valence-electron chi connectivity index (χ0n) is 9.93. The summed E-state index contributed by atoms with van der Waals surface area (Å²) in [6.07, 6.45) is 6.17. The van der Waals surface area contributed by atoms with Crippen LogP contribution in [-0.2, 0) is 0 Å². The molecule has 2 rings (SSSR count). The number of pyridine rings is 1. The number of hydrogen-bond donors (Lipinski definition) is 1. The normalized spacial score (nSPS) is 16.3. The summed E-state index contributed by atoms with van der Waals surface area (Å²) >= 11 is 3.45. The Morgan fingerprint density at radius 1 is 1.59 bits per heavy atom. The Bertz CT molecular complexity index is 438. The van der Waals surface area contributed by atoms with Crippen LogP contribution in [0.25, 0.3) is 0 Å². The summed E-state index contributed by atoms with van der Waals surface area (Å²) in [5, 5.41) is 9.02. The summed E-state index contributed by atoms with van der Waals surface area (Å²) < 4.78 is 3.73. The van der Waals surface area contributed by atoms with Gasteiger partial charge in [0.15, 0.2) is 0 Å². The van der Waals surface area contributed by atoms with Gasteiger partial charge >= 0.3 is 0 Å². The highest BCUT2D eigenvalue weighted by Crippen LogP contribution is 2.42. The van der Waals surface area contributed by atoms with Crippen LogP contribution < -0.4 is 4.72 Å². The molecule has 1 atom stereocenters. The van der Waals surface area contributed by atoms with E-state index in [1.807, 2.05) is 6.07 Å². The Hall–Kier alpha value is -0.860. The summed E-state index contributed by atoms with van der Waals surface area (Å²) in [6.45, 7) is 2.15. The van der Waals surface area contributed by atoms with Gasteiger partial charge in [0.1, 0.15) is 11.9 Å². The molecular formula is C12H15N3S2. The smallest absolute Gasteiger partial charge is 0.136 e. The summed E-state index contributed by atoms with van der Waals surface area (Å²) in [5.41, 5.74) is 1.88. The van der Waals surface area contributed by atoms with Gasteiger partial charge in [0.2, 0.25) is 0 Å². The Kier molecular flexibility index (Phi) is 4.19. The van der Waals surface area contributed by atoms with E-state index in [1.54, 1.807) is 29.9 Å². The second-order valence-electron chi connectivity index (χ2n) is 4.07. The van der Waals surface area contributed by atoms with E-state index in [1.165, 1.54) is 12.8 Å². The van der Waals surface area contributed by atoms with Crippen molar-refractivity contribution in [1.29, 1.82) is 5.26 Å². The molecule has 1 unspecified atom stereocenters. The molecule has 0 spiro atoms. The fraction of sp³-hybridized carbons (Fsp3) is 0.500. The summed E-state index contributed by atoms with van der Waals surface area (Å²) in [6, 6.07) is 4.24. The largest absolute Gasteiger partial charge is 0.313 e. The van der Waals surface area contributed by atoms with E-state index in [9.17, 15) is 0 Å². The molecule has 0 radical (unpaired) electrons. The molecule has 5 heteroatoms. The molecule has 0 aliphatic heterocycles. The molecule has 1 aromatic heterocycles. The molecule has 1 aromatic rings. The maximum atomic E-state index is 9.02. The van der Waals surface area contributed by atoms with Crippen LogP contribution in [0.15, 0.2) is 12.3 Å². The fourth-order valence-electron chi connectivity index (χ4n) is 1.54. The molecule has 0 bridgehead atoms. The highest BCUT2D eigenvalue weighted by molar-refractivity contribution is 8.17. The Morgan fingerprint density at radius 3 is 2.94 bits per heavy atom. The lowest BCUT2D eigenvalue weighted by Gasteiger charge is -2.10. The van der Waals surface area contributed by atoms with Gasteiger partial charge in [0.25, 0.3) is 0 Å². The molecule has 0 saturated heterocycles. The fourth-order valence-corrected chi connectivity index (χ4v) is 2.47. The lowest BCUT2D eigenvalue weighted by atomic mass is 10.1. The van der Waals surface area contributed by atoms with E-state index in [4.69, 9.17) is 5.26 Å². The van der Waals surface area contributed by atoms with Crippen molar-refractivity contribution in [1.82, 2.24) is 4.98 Å². The average molecular weight is 265 g/mol. The number of hydrogen-bond acceptors (Lipinski definition) is 5. The first-order chi connectivity index (χ1) is 8.24. The molecular weight excluding hydrogens is 250 g/mol. The lowest BCUT2D eigenvalue weighted by molar-refractivity contribution is 1.10. The maximum absolute atomic E-state index is 9.02. The van der Waals surface area contributed by atoms with Crippen molar-refractivity contribution in [2.75, 3.05) is 11.0 Å². The SMILES string of the molecule is CSC(C)SNc1cc(C2CC2)c(C#N)cn1. The molecule has 0 amide bonds. The quantitative estimate of drug-likeness (QED) is 0.651. The summed E-state index contributed by atoms with van der Waals surface area (Å²) in [7, 11) is 0. The van der Waals surface area contributed by atoms with Crippen molar-refractivity contribution < 1.29 is 0 Å².